The Morgan fingerprint density at radius 2 is 2.09 bits per heavy atom. The van der Waals surface area contributed by atoms with E-state index in [4.69, 9.17) is 0 Å². The van der Waals surface area contributed by atoms with Gasteiger partial charge in [0.1, 0.15) is 5.70 Å². The minimum absolute atomic E-state index is 0.0719. The monoisotopic (exact) mass is 295 g/mol. The van der Waals surface area contributed by atoms with Gasteiger partial charge in [-0.25, -0.2) is 0 Å². The van der Waals surface area contributed by atoms with Gasteiger partial charge in [-0.3, -0.25) is 9.79 Å². The quantitative estimate of drug-likeness (QED) is 0.803. The Morgan fingerprint density at radius 1 is 1.36 bits per heavy atom. The number of hydrogen-bond acceptors (Lipinski definition) is 3. The summed E-state index contributed by atoms with van der Waals surface area (Å²) in [5, 5.41) is 0. The molecule has 0 spiro atoms. The Balaban J connectivity index is 2.17. The summed E-state index contributed by atoms with van der Waals surface area (Å²) in [6.07, 6.45) is 1.78. The van der Waals surface area contributed by atoms with Gasteiger partial charge in [-0.2, -0.15) is 0 Å². The van der Waals surface area contributed by atoms with Crippen molar-refractivity contribution in [2.75, 3.05) is 26.7 Å². The van der Waals surface area contributed by atoms with Crippen LogP contribution >= 0.6 is 0 Å². The number of benzene rings is 1. The van der Waals surface area contributed by atoms with Crippen molar-refractivity contribution in [3.8, 4) is 0 Å². The van der Waals surface area contributed by atoms with E-state index in [1.54, 1.807) is 6.08 Å². The summed E-state index contributed by atoms with van der Waals surface area (Å²) >= 11 is 0. The average molecular weight is 295 g/mol. The fraction of sp³-hybridized carbons (Fsp3) is 0.333. The van der Waals surface area contributed by atoms with E-state index in [1.165, 1.54) is 0 Å². The second kappa shape index (κ2) is 5.79. The molecule has 1 amide bonds. The zero-order valence-corrected chi connectivity index (χ0v) is 13.1. The van der Waals surface area contributed by atoms with Crippen molar-refractivity contribution in [3.63, 3.8) is 0 Å². The topological polar surface area (TPSA) is 35.9 Å². The Kier molecular flexibility index (Phi) is 3.84. The van der Waals surface area contributed by atoms with Gasteiger partial charge in [0.05, 0.1) is 12.6 Å². The van der Waals surface area contributed by atoms with Crippen LogP contribution in [0.3, 0.4) is 0 Å². The van der Waals surface area contributed by atoms with Crippen molar-refractivity contribution in [3.05, 3.63) is 59.8 Å². The number of rotatable bonds is 3. The molecule has 0 saturated carbocycles. The maximum atomic E-state index is 12.9. The second-order valence-electron chi connectivity index (χ2n) is 5.71. The van der Waals surface area contributed by atoms with Gasteiger partial charge in [0.25, 0.3) is 5.91 Å². The highest BCUT2D eigenvalue weighted by molar-refractivity contribution is 6.11. The highest BCUT2D eigenvalue weighted by atomic mass is 16.2. The zero-order valence-electron chi connectivity index (χ0n) is 13.1. The van der Waals surface area contributed by atoms with E-state index in [2.05, 4.69) is 23.7 Å². The molecule has 3 rings (SSSR count). The molecule has 0 N–H and O–H groups in total. The minimum Gasteiger partial charge on any atom is -0.368 e. The molecule has 2 heterocycles. The summed E-state index contributed by atoms with van der Waals surface area (Å²) in [6.45, 7) is 7.84. The van der Waals surface area contributed by atoms with E-state index >= 15 is 0 Å². The predicted molar refractivity (Wildman–Crippen MR) is 88.7 cm³/mol. The molecule has 2 aliphatic rings. The Labute approximate surface area is 131 Å². The first-order valence-electron chi connectivity index (χ1n) is 7.58. The molecule has 0 fully saturated rings. The number of likely N-dealkylation sites (N-methyl/N-ethyl adjacent to an activating group) is 1. The van der Waals surface area contributed by atoms with Gasteiger partial charge in [-0.05, 0) is 12.5 Å². The predicted octanol–water partition coefficient (Wildman–Crippen LogP) is 2.42. The van der Waals surface area contributed by atoms with E-state index in [-0.39, 0.29) is 11.9 Å². The highest BCUT2D eigenvalue weighted by Crippen LogP contribution is 2.40. The zero-order chi connectivity index (χ0) is 15.7. The fourth-order valence-electron chi connectivity index (χ4n) is 3.27. The normalized spacial score (nSPS) is 21.6. The third kappa shape index (κ3) is 2.25. The van der Waals surface area contributed by atoms with Crippen LogP contribution in [0.4, 0.5) is 0 Å². The summed E-state index contributed by atoms with van der Waals surface area (Å²) in [5.74, 6) is 0.0719. The van der Waals surface area contributed by atoms with Crippen molar-refractivity contribution in [2.45, 2.75) is 13.0 Å². The molecule has 1 unspecified atom stereocenters. The highest BCUT2D eigenvalue weighted by Gasteiger charge is 2.42. The lowest BCUT2D eigenvalue weighted by atomic mass is 9.96. The first-order chi connectivity index (χ1) is 10.6. The van der Waals surface area contributed by atoms with Crippen LogP contribution in [-0.2, 0) is 4.79 Å². The molecule has 114 valence electrons. The van der Waals surface area contributed by atoms with E-state index in [9.17, 15) is 4.79 Å². The number of carbonyl (C=O) groups is 1. The van der Waals surface area contributed by atoms with Gasteiger partial charge in [0, 0.05) is 31.4 Å². The first kappa shape index (κ1) is 14.6. The van der Waals surface area contributed by atoms with Crippen molar-refractivity contribution in [1.82, 2.24) is 9.80 Å². The summed E-state index contributed by atoms with van der Waals surface area (Å²) < 4.78 is 0. The number of carbonyl (C=O) groups excluding carboxylic acids is 1. The van der Waals surface area contributed by atoms with Crippen molar-refractivity contribution in [1.29, 1.82) is 0 Å². The fourth-order valence-corrected chi connectivity index (χ4v) is 3.27. The molecule has 4 heteroatoms. The molecule has 0 bridgehead atoms. The van der Waals surface area contributed by atoms with Gasteiger partial charge in [0.15, 0.2) is 0 Å². The smallest absolute Gasteiger partial charge is 0.271 e. The maximum absolute atomic E-state index is 12.9. The van der Waals surface area contributed by atoms with Crippen LogP contribution in [0.25, 0.3) is 0 Å². The Bertz CT molecular complexity index is 660. The third-order valence-corrected chi connectivity index (χ3v) is 4.30. The maximum Gasteiger partial charge on any atom is 0.271 e. The lowest BCUT2D eigenvalue weighted by Crippen LogP contribution is -2.34. The number of hydrogen-bond donors (Lipinski definition) is 0. The van der Waals surface area contributed by atoms with Crippen LogP contribution in [0.1, 0.15) is 18.5 Å². The van der Waals surface area contributed by atoms with E-state index in [1.807, 2.05) is 42.0 Å². The van der Waals surface area contributed by atoms with Gasteiger partial charge in [-0.1, -0.05) is 36.4 Å². The average Bonchev–Trinajstić information content (AvgIpc) is 2.72. The van der Waals surface area contributed by atoms with E-state index in [0.29, 0.717) is 6.54 Å². The van der Waals surface area contributed by atoms with Gasteiger partial charge < -0.3 is 9.80 Å². The largest absolute Gasteiger partial charge is 0.368 e. The minimum atomic E-state index is -0.0778. The standard InChI is InChI=1S/C18H21N3O/c1-4-11-21-16(14-8-6-5-7-9-14)15-13(2)19-10-12-20(3)17(15)18(21)22/h4-9,16H,1,10-12H2,2-3H3. The van der Waals surface area contributed by atoms with Gasteiger partial charge in [-0.15, -0.1) is 6.58 Å². The Morgan fingerprint density at radius 3 is 2.77 bits per heavy atom. The molecule has 0 radical (unpaired) electrons. The molecule has 1 aromatic rings. The van der Waals surface area contributed by atoms with Crippen LogP contribution < -0.4 is 0 Å². The van der Waals surface area contributed by atoms with Crippen molar-refractivity contribution in [2.24, 2.45) is 4.99 Å². The molecular weight excluding hydrogens is 274 g/mol. The number of aliphatic imine (C=N–C) groups is 1. The molecule has 22 heavy (non-hydrogen) atoms. The number of nitrogens with zero attached hydrogens (tertiary/aromatic N) is 3. The summed E-state index contributed by atoms with van der Waals surface area (Å²) in [4.78, 5) is 21.5. The Hall–Kier alpha value is -2.36. The van der Waals surface area contributed by atoms with Crippen molar-refractivity contribution < 1.29 is 4.79 Å². The van der Waals surface area contributed by atoms with Crippen LogP contribution in [0.15, 0.2) is 59.2 Å². The van der Waals surface area contributed by atoms with Crippen LogP contribution in [-0.4, -0.2) is 48.1 Å². The molecule has 0 aliphatic carbocycles. The molecule has 1 atom stereocenters. The SMILES string of the molecule is C=CCN1C(=O)C2=C(C(C)=NCCN2C)C1c1ccccc1. The molecule has 2 aliphatic heterocycles. The first-order valence-corrected chi connectivity index (χ1v) is 7.58. The molecule has 0 saturated heterocycles. The van der Waals surface area contributed by atoms with Crippen LogP contribution in [0.2, 0.25) is 0 Å². The van der Waals surface area contributed by atoms with E-state index in [0.717, 1.165) is 35.6 Å². The van der Waals surface area contributed by atoms with Gasteiger partial charge >= 0.3 is 0 Å². The van der Waals surface area contributed by atoms with Crippen molar-refractivity contribution >= 4 is 11.6 Å². The van der Waals surface area contributed by atoms with E-state index < -0.39 is 0 Å². The molecule has 4 nitrogen and oxygen atoms in total. The molecular formula is C18H21N3O. The lowest BCUT2D eigenvalue weighted by Gasteiger charge is -2.26. The third-order valence-electron chi connectivity index (χ3n) is 4.30. The summed E-state index contributed by atoms with van der Waals surface area (Å²) in [5.41, 5.74) is 3.91. The lowest BCUT2D eigenvalue weighted by molar-refractivity contribution is -0.127. The van der Waals surface area contributed by atoms with Gasteiger partial charge in [0.2, 0.25) is 0 Å². The summed E-state index contributed by atoms with van der Waals surface area (Å²) in [6, 6.07) is 10.1. The van der Waals surface area contributed by atoms with Crippen LogP contribution in [0.5, 0.6) is 0 Å². The second-order valence-corrected chi connectivity index (χ2v) is 5.71. The van der Waals surface area contributed by atoms with Crippen LogP contribution in [0, 0.1) is 0 Å². The molecule has 1 aromatic carbocycles. The number of amides is 1. The summed E-state index contributed by atoms with van der Waals surface area (Å²) in [7, 11) is 1.97. The molecule has 0 aromatic heterocycles.